The van der Waals surface area contributed by atoms with Gasteiger partial charge < -0.3 is 5.32 Å². The standard InChI is InChI=1S/C20H18FN3O2S/c1-12-6-9-14(10-16(12)21)24-19(26)15-4-2-3-5-17(15)23-20(24)27-11-18(25)22-13-7-8-13/h2-6,9-10,13H,7-8,11H2,1H3,(H,22,25). The molecule has 2 aromatic carbocycles. The van der Waals surface area contributed by atoms with Crippen LogP contribution in [0, 0.1) is 12.7 Å². The molecule has 7 heteroatoms. The van der Waals surface area contributed by atoms with Crippen LogP contribution in [0.15, 0.2) is 52.4 Å². The highest BCUT2D eigenvalue weighted by molar-refractivity contribution is 7.99. The predicted molar refractivity (Wildman–Crippen MR) is 104 cm³/mol. The van der Waals surface area contributed by atoms with Crippen LogP contribution in [0.2, 0.25) is 0 Å². The number of halogens is 1. The van der Waals surface area contributed by atoms with Gasteiger partial charge in [0.25, 0.3) is 5.56 Å². The maximum atomic E-state index is 14.1. The third kappa shape index (κ3) is 3.73. The summed E-state index contributed by atoms with van der Waals surface area (Å²) in [5, 5.41) is 3.73. The molecule has 0 atom stereocenters. The number of para-hydroxylation sites is 1. The third-order valence-corrected chi connectivity index (χ3v) is 5.37. The summed E-state index contributed by atoms with van der Waals surface area (Å²) in [6.07, 6.45) is 2.02. The highest BCUT2D eigenvalue weighted by Gasteiger charge is 2.23. The molecule has 1 saturated carbocycles. The first kappa shape index (κ1) is 17.7. The van der Waals surface area contributed by atoms with Crippen molar-refractivity contribution in [3.8, 4) is 5.69 Å². The van der Waals surface area contributed by atoms with Gasteiger partial charge >= 0.3 is 0 Å². The number of carbonyl (C=O) groups excluding carboxylic acids is 1. The number of carbonyl (C=O) groups is 1. The topological polar surface area (TPSA) is 64.0 Å². The molecule has 0 saturated heterocycles. The second kappa shape index (κ2) is 7.15. The molecule has 0 unspecified atom stereocenters. The number of rotatable bonds is 5. The molecule has 1 heterocycles. The number of thioether (sulfide) groups is 1. The van der Waals surface area contributed by atoms with Crippen LogP contribution in [0.1, 0.15) is 18.4 Å². The van der Waals surface area contributed by atoms with Crippen LogP contribution in [-0.4, -0.2) is 27.3 Å². The lowest BCUT2D eigenvalue weighted by Crippen LogP contribution is -2.28. The highest BCUT2D eigenvalue weighted by atomic mass is 32.2. The van der Waals surface area contributed by atoms with E-state index in [1.165, 1.54) is 22.4 Å². The van der Waals surface area contributed by atoms with Crippen molar-refractivity contribution in [2.75, 3.05) is 5.75 Å². The summed E-state index contributed by atoms with van der Waals surface area (Å²) in [4.78, 5) is 29.7. The monoisotopic (exact) mass is 383 g/mol. The molecule has 5 nitrogen and oxygen atoms in total. The molecule has 0 aliphatic heterocycles. The normalized spacial score (nSPS) is 13.7. The second-order valence-electron chi connectivity index (χ2n) is 6.62. The Balaban J connectivity index is 1.78. The van der Waals surface area contributed by atoms with Gasteiger partial charge in [0.2, 0.25) is 5.91 Å². The molecule has 0 spiro atoms. The third-order valence-electron chi connectivity index (χ3n) is 4.43. The van der Waals surface area contributed by atoms with E-state index in [1.54, 1.807) is 43.3 Å². The molecule has 0 radical (unpaired) electrons. The molecule has 3 aromatic rings. The minimum atomic E-state index is -0.394. The van der Waals surface area contributed by atoms with Gasteiger partial charge in [-0.05, 0) is 49.6 Å². The van der Waals surface area contributed by atoms with Crippen molar-refractivity contribution in [2.24, 2.45) is 0 Å². The van der Waals surface area contributed by atoms with Crippen molar-refractivity contribution in [3.63, 3.8) is 0 Å². The number of amides is 1. The van der Waals surface area contributed by atoms with Crippen LogP contribution in [0.3, 0.4) is 0 Å². The van der Waals surface area contributed by atoms with Crippen molar-refractivity contribution < 1.29 is 9.18 Å². The Morgan fingerprint density at radius 2 is 2.07 bits per heavy atom. The predicted octanol–water partition coefficient (Wildman–Crippen LogP) is 3.20. The number of hydrogen-bond acceptors (Lipinski definition) is 4. The van der Waals surface area contributed by atoms with Gasteiger partial charge in [-0.25, -0.2) is 9.37 Å². The minimum Gasteiger partial charge on any atom is -0.353 e. The lowest BCUT2D eigenvalue weighted by atomic mass is 10.2. The Morgan fingerprint density at radius 1 is 1.30 bits per heavy atom. The SMILES string of the molecule is Cc1ccc(-n2c(SCC(=O)NC3CC3)nc3ccccc3c2=O)cc1F. The van der Waals surface area contributed by atoms with Gasteiger partial charge in [0.15, 0.2) is 5.16 Å². The molecule has 0 bridgehead atoms. The molecule has 27 heavy (non-hydrogen) atoms. The zero-order chi connectivity index (χ0) is 19.0. The van der Waals surface area contributed by atoms with Crippen molar-refractivity contribution in [2.45, 2.75) is 31.0 Å². The Hall–Kier alpha value is -2.67. The smallest absolute Gasteiger partial charge is 0.266 e. The van der Waals surface area contributed by atoms with Crippen LogP contribution in [0.25, 0.3) is 16.6 Å². The van der Waals surface area contributed by atoms with E-state index in [0.717, 1.165) is 12.8 Å². The fourth-order valence-corrected chi connectivity index (χ4v) is 3.61. The molecule has 1 aromatic heterocycles. The van der Waals surface area contributed by atoms with Gasteiger partial charge in [0, 0.05) is 6.04 Å². The number of aromatic nitrogens is 2. The summed E-state index contributed by atoms with van der Waals surface area (Å²) in [6, 6.07) is 11.9. The summed E-state index contributed by atoms with van der Waals surface area (Å²) < 4.78 is 15.5. The van der Waals surface area contributed by atoms with Gasteiger partial charge in [-0.1, -0.05) is 30.0 Å². The van der Waals surface area contributed by atoms with Crippen LogP contribution in [-0.2, 0) is 4.79 Å². The van der Waals surface area contributed by atoms with Crippen LogP contribution >= 0.6 is 11.8 Å². The summed E-state index contributed by atoms with van der Waals surface area (Å²) >= 11 is 1.18. The maximum Gasteiger partial charge on any atom is 0.266 e. The number of nitrogens with one attached hydrogen (secondary N) is 1. The van der Waals surface area contributed by atoms with E-state index in [-0.39, 0.29) is 23.3 Å². The minimum absolute atomic E-state index is 0.0912. The van der Waals surface area contributed by atoms with Crippen LogP contribution in [0.5, 0.6) is 0 Å². The zero-order valence-corrected chi connectivity index (χ0v) is 15.6. The maximum absolute atomic E-state index is 14.1. The molecule has 1 amide bonds. The summed E-state index contributed by atoms with van der Waals surface area (Å²) in [5.74, 6) is -0.336. The highest BCUT2D eigenvalue weighted by Crippen LogP contribution is 2.23. The van der Waals surface area contributed by atoms with E-state index in [4.69, 9.17) is 0 Å². The van der Waals surface area contributed by atoms with Gasteiger partial charge in [-0.15, -0.1) is 0 Å². The molecule has 1 aliphatic carbocycles. The van der Waals surface area contributed by atoms with E-state index < -0.39 is 5.82 Å². The number of hydrogen-bond donors (Lipinski definition) is 1. The molecule has 1 aliphatic rings. The van der Waals surface area contributed by atoms with Gasteiger partial charge in [0.1, 0.15) is 5.82 Å². The Labute approximate surface area is 159 Å². The molecule has 138 valence electrons. The lowest BCUT2D eigenvalue weighted by Gasteiger charge is -2.13. The molecule has 1 N–H and O–H groups in total. The van der Waals surface area contributed by atoms with Crippen molar-refractivity contribution >= 4 is 28.6 Å². The number of benzene rings is 2. The van der Waals surface area contributed by atoms with Crippen molar-refractivity contribution in [1.29, 1.82) is 0 Å². The average molecular weight is 383 g/mol. The molecule has 1 fully saturated rings. The zero-order valence-electron chi connectivity index (χ0n) is 14.7. The van der Waals surface area contributed by atoms with Gasteiger partial charge in [0.05, 0.1) is 22.3 Å². The van der Waals surface area contributed by atoms with Gasteiger partial charge in [-0.3, -0.25) is 14.2 Å². The van der Waals surface area contributed by atoms with Crippen LogP contribution < -0.4 is 10.9 Å². The second-order valence-corrected chi connectivity index (χ2v) is 7.56. The summed E-state index contributed by atoms with van der Waals surface area (Å²) in [5.41, 5.74) is 1.16. The number of fused-ring (bicyclic) bond motifs is 1. The fraction of sp³-hybridized carbons (Fsp3) is 0.250. The fourth-order valence-electron chi connectivity index (χ4n) is 2.78. The molecular formula is C20H18FN3O2S. The Bertz CT molecular complexity index is 1090. The van der Waals surface area contributed by atoms with Crippen molar-refractivity contribution in [3.05, 3.63) is 64.2 Å². The first-order valence-corrected chi connectivity index (χ1v) is 9.72. The quantitative estimate of drug-likeness (QED) is 0.543. The van der Waals surface area contributed by atoms with Crippen molar-refractivity contribution in [1.82, 2.24) is 14.9 Å². The van der Waals surface area contributed by atoms with E-state index >= 15 is 0 Å². The van der Waals surface area contributed by atoms with E-state index in [0.29, 0.717) is 27.3 Å². The summed E-state index contributed by atoms with van der Waals surface area (Å²) in [7, 11) is 0. The van der Waals surface area contributed by atoms with Gasteiger partial charge in [-0.2, -0.15) is 0 Å². The molecule has 4 rings (SSSR count). The van der Waals surface area contributed by atoms with Crippen LogP contribution in [0.4, 0.5) is 4.39 Å². The average Bonchev–Trinajstić information content (AvgIpc) is 3.46. The largest absolute Gasteiger partial charge is 0.353 e. The Morgan fingerprint density at radius 3 is 2.81 bits per heavy atom. The van der Waals surface area contributed by atoms with E-state index in [1.807, 2.05) is 0 Å². The number of aryl methyl sites for hydroxylation is 1. The summed E-state index contributed by atoms with van der Waals surface area (Å²) in [6.45, 7) is 1.67. The molecular weight excluding hydrogens is 365 g/mol. The number of nitrogens with zero attached hydrogens (tertiary/aromatic N) is 2. The lowest BCUT2D eigenvalue weighted by molar-refractivity contribution is -0.118. The van der Waals surface area contributed by atoms with E-state index in [9.17, 15) is 14.0 Å². The first-order valence-electron chi connectivity index (χ1n) is 8.73. The first-order chi connectivity index (χ1) is 13.0. The van der Waals surface area contributed by atoms with E-state index in [2.05, 4.69) is 10.3 Å². The Kier molecular flexibility index (Phi) is 4.70.